The Morgan fingerprint density at radius 2 is 2.42 bits per heavy atom. The second kappa shape index (κ2) is 5.80. The number of nitrogens with zero attached hydrogens (tertiary/aromatic N) is 2. The Morgan fingerprint density at radius 1 is 1.67 bits per heavy atom. The van der Waals surface area contributed by atoms with Gasteiger partial charge in [-0.15, -0.1) is 12.4 Å². The summed E-state index contributed by atoms with van der Waals surface area (Å²) >= 11 is 5.69. The van der Waals surface area contributed by atoms with Crippen molar-refractivity contribution in [3.8, 4) is 0 Å². The van der Waals surface area contributed by atoms with E-state index in [1.807, 2.05) is 0 Å². The van der Waals surface area contributed by atoms with Gasteiger partial charge in [-0.3, -0.25) is 4.98 Å². The van der Waals surface area contributed by atoms with Gasteiger partial charge in [-0.05, 0) is 12.1 Å². The maximum absolute atomic E-state index is 5.69. The smallest absolute Gasteiger partial charge is 0.177 e. The Hall–Kier alpha value is -0.800. The summed E-state index contributed by atoms with van der Waals surface area (Å²) in [4.78, 5) is 8.35. The molecule has 0 bridgehead atoms. The van der Waals surface area contributed by atoms with Gasteiger partial charge < -0.3 is 4.84 Å². The third kappa shape index (κ3) is 3.07. The maximum Gasteiger partial charge on any atom is 0.177 e. The first-order valence-corrected chi connectivity index (χ1v) is 3.39. The Balaban J connectivity index is 0.00000121. The lowest BCUT2D eigenvalue weighted by molar-refractivity contribution is 0.214. The van der Waals surface area contributed by atoms with E-state index < -0.39 is 0 Å². The summed E-state index contributed by atoms with van der Waals surface area (Å²) in [6, 6.07) is 3.58. The molecule has 0 radical (unpaired) electrons. The summed E-state index contributed by atoms with van der Waals surface area (Å²) in [7, 11) is 1.44. The van der Waals surface area contributed by atoms with Crippen LogP contribution in [0.3, 0.4) is 0 Å². The Bertz CT molecular complexity index is 251. The zero-order valence-corrected chi connectivity index (χ0v) is 7.97. The molecule has 0 N–H and O–H groups in total. The lowest BCUT2D eigenvalue weighted by Crippen LogP contribution is -1.91. The summed E-state index contributed by atoms with van der Waals surface area (Å²) in [5.41, 5.74) is 0.746. The summed E-state index contributed by atoms with van der Waals surface area (Å²) < 4.78 is 0. The first-order chi connectivity index (χ1) is 5.34. The molecule has 0 aliphatic carbocycles. The van der Waals surface area contributed by atoms with Crippen LogP contribution in [0.4, 0.5) is 0 Å². The van der Waals surface area contributed by atoms with Gasteiger partial charge in [0.2, 0.25) is 0 Å². The highest BCUT2D eigenvalue weighted by atomic mass is 35.5. The molecule has 0 spiro atoms. The summed E-state index contributed by atoms with van der Waals surface area (Å²) in [6.45, 7) is 0. The molecule has 66 valence electrons. The fourth-order valence-corrected chi connectivity index (χ4v) is 0.798. The van der Waals surface area contributed by atoms with Gasteiger partial charge in [0.1, 0.15) is 7.11 Å². The van der Waals surface area contributed by atoms with E-state index in [9.17, 15) is 0 Å². The van der Waals surface area contributed by atoms with Gasteiger partial charge in [-0.2, -0.15) is 0 Å². The van der Waals surface area contributed by atoms with Gasteiger partial charge in [0.15, 0.2) is 5.17 Å². The van der Waals surface area contributed by atoms with E-state index in [0.717, 1.165) is 5.56 Å². The molecule has 1 aromatic rings. The highest BCUT2D eigenvalue weighted by Crippen LogP contribution is 2.02. The van der Waals surface area contributed by atoms with Crippen molar-refractivity contribution in [3.05, 3.63) is 30.1 Å². The van der Waals surface area contributed by atoms with E-state index in [1.54, 1.807) is 24.5 Å². The molecule has 1 rings (SSSR count). The molecule has 1 aromatic heterocycles. The van der Waals surface area contributed by atoms with Gasteiger partial charge in [0.25, 0.3) is 0 Å². The SMILES string of the molecule is CON=C(Cl)c1cccnc1.Cl. The van der Waals surface area contributed by atoms with Crippen molar-refractivity contribution in [2.45, 2.75) is 0 Å². The fourth-order valence-electron chi connectivity index (χ4n) is 0.618. The Labute approximate surface area is 81.8 Å². The largest absolute Gasteiger partial charge is 0.398 e. The van der Waals surface area contributed by atoms with E-state index in [1.165, 1.54) is 7.11 Å². The minimum atomic E-state index is 0. The van der Waals surface area contributed by atoms with Crippen molar-refractivity contribution >= 4 is 29.2 Å². The highest BCUT2D eigenvalue weighted by Gasteiger charge is 1.97. The molecular weight excluding hydrogens is 199 g/mol. The standard InChI is InChI=1S/C7H7ClN2O.ClH/c1-11-10-7(8)6-3-2-4-9-5-6;/h2-5H,1H3;1H. The van der Waals surface area contributed by atoms with Crippen LogP contribution in [0, 0.1) is 0 Å². The molecule has 0 saturated heterocycles. The van der Waals surface area contributed by atoms with E-state index >= 15 is 0 Å². The predicted molar refractivity (Wildman–Crippen MR) is 50.9 cm³/mol. The Kier molecular flexibility index (Phi) is 5.41. The normalized spacial score (nSPS) is 10.3. The average Bonchev–Trinajstić information content (AvgIpc) is 2.07. The van der Waals surface area contributed by atoms with Crippen molar-refractivity contribution in [3.63, 3.8) is 0 Å². The van der Waals surface area contributed by atoms with E-state index in [2.05, 4.69) is 15.0 Å². The number of oxime groups is 1. The molecule has 0 fully saturated rings. The highest BCUT2D eigenvalue weighted by molar-refractivity contribution is 6.69. The van der Waals surface area contributed by atoms with Crippen LogP contribution < -0.4 is 0 Å². The van der Waals surface area contributed by atoms with E-state index in [0.29, 0.717) is 5.17 Å². The molecule has 5 heteroatoms. The second-order valence-corrected chi connectivity index (χ2v) is 2.16. The number of pyridine rings is 1. The molecule has 0 atom stereocenters. The van der Waals surface area contributed by atoms with Crippen molar-refractivity contribution in [2.75, 3.05) is 7.11 Å². The van der Waals surface area contributed by atoms with Gasteiger partial charge in [0, 0.05) is 18.0 Å². The van der Waals surface area contributed by atoms with Crippen molar-refractivity contribution in [2.24, 2.45) is 5.16 Å². The molecule has 12 heavy (non-hydrogen) atoms. The molecule has 0 aliphatic heterocycles. The summed E-state index contributed by atoms with van der Waals surface area (Å²) in [6.07, 6.45) is 3.28. The average molecular weight is 207 g/mol. The van der Waals surface area contributed by atoms with Crippen LogP contribution in [0.1, 0.15) is 5.56 Å². The van der Waals surface area contributed by atoms with Crippen LogP contribution in [0.25, 0.3) is 0 Å². The van der Waals surface area contributed by atoms with Crippen LogP contribution in [0.15, 0.2) is 29.7 Å². The zero-order valence-electron chi connectivity index (χ0n) is 6.40. The predicted octanol–water partition coefficient (Wildman–Crippen LogP) is 2.05. The topological polar surface area (TPSA) is 34.5 Å². The lowest BCUT2D eigenvalue weighted by Gasteiger charge is -1.94. The van der Waals surface area contributed by atoms with Crippen molar-refractivity contribution < 1.29 is 4.84 Å². The lowest BCUT2D eigenvalue weighted by atomic mass is 10.3. The maximum atomic E-state index is 5.69. The minimum absolute atomic E-state index is 0. The van der Waals surface area contributed by atoms with Crippen molar-refractivity contribution in [1.82, 2.24) is 4.98 Å². The number of rotatable bonds is 2. The molecule has 0 saturated carbocycles. The van der Waals surface area contributed by atoms with Crippen LogP contribution in [0.2, 0.25) is 0 Å². The summed E-state index contributed by atoms with van der Waals surface area (Å²) in [5.74, 6) is 0. The fraction of sp³-hybridized carbons (Fsp3) is 0.143. The van der Waals surface area contributed by atoms with Crippen LogP contribution in [0.5, 0.6) is 0 Å². The molecular formula is C7H8Cl2N2O. The Morgan fingerprint density at radius 3 is 2.92 bits per heavy atom. The quantitative estimate of drug-likeness (QED) is 0.549. The zero-order chi connectivity index (χ0) is 8.10. The van der Waals surface area contributed by atoms with Gasteiger partial charge in [0.05, 0.1) is 0 Å². The first kappa shape index (κ1) is 11.2. The van der Waals surface area contributed by atoms with Gasteiger partial charge in [-0.1, -0.05) is 16.8 Å². The third-order valence-corrected chi connectivity index (χ3v) is 1.36. The first-order valence-electron chi connectivity index (χ1n) is 3.01. The number of hydrogen-bond donors (Lipinski definition) is 0. The molecule has 1 heterocycles. The number of hydrogen-bond acceptors (Lipinski definition) is 3. The van der Waals surface area contributed by atoms with Crippen LogP contribution in [-0.2, 0) is 4.84 Å². The second-order valence-electron chi connectivity index (χ2n) is 1.81. The van der Waals surface area contributed by atoms with E-state index in [4.69, 9.17) is 11.6 Å². The molecule has 3 nitrogen and oxygen atoms in total. The molecule has 0 amide bonds. The van der Waals surface area contributed by atoms with Crippen molar-refractivity contribution in [1.29, 1.82) is 0 Å². The third-order valence-electron chi connectivity index (χ3n) is 1.07. The molecule has 0 aromatic carbocycles. The van der Waals surface area contributed by atoms with E-state index in [-0.39, 0.29) is 12.4 Å². The molecule has 0 aliphatic rings. The molecule has 0 unspecified atom stereocenters. The van der Waals surface area contributed by atoms with Gasteiger partial charge >= 0.3 is 0 Å². The van der Waals surface area contributed by atoms with Crippen LogP contribution in [-0.4, -0.2) is 17.3 Å². The summed E-state index contributed by atoms with van der Waals surface area (Å²) in [5, 5.41) is 3.84. The van der Waals surface area contributed by atoms with Gasteiger partial charge in [-0.25, -0.2) is 0 Å². The number of halogens is 2. The minimum Gasteiger partial charge on any atom is -0.398 e. The van der Waals surface area contributed by atoms with Crippen LogP contribution >= 0.6 is 24.0 Å². The monoisotopic (exact) mass is 206 g/mol. The number of aromatic nitrogens is 1.